The van der Waals surface area contributed by atoms with Crippen molar-refractivity contribution in [1.29, 1.82) is 0 Å². The number of carbonyl (C=O) groups excluding carboxylic acids is 3. The molecule has 1 aliphatic carbocycles. The van der Waals surface area contributed by atoms with E-state index in [2.05, 4.69) is 0 Å². The Kier molecular flexibility index (Phi) is 5.42. The van der Waals surface area contributed by atoms with Gasteiger partial charge in [-0.25, -0.2) is 14.5 Å². The number of hydrogen-bond donors (Lipinski definition) is 0. The van der Waals surface area contributed by atoms with E-state index >= 15 is 0 Å². The van der Waals surface area contributed by atoms with Gasteiger partial charge in [0.15, 0.2) is 0 Å². The highest BCUT2D eigenvalue weighted by Crippen LogP contribution is 2.59. The number of imide groups is 1. The monoisotopic (exact) mass is 476 g/mol. The Balaban J connectivity index is 1.48. The number of ether oxygens (including phenoxy) is 2. The molecule has 3 aliphatic rings. The Bertz CT molecular complexity index is 1140. The third-order valence-corrected chi connectivity index (χ3v) is 7.62. The molecule has 5 rings (SSSR count). The van der Waals surface area contributed by atoms with Crippen LogP contribution in [-0.2, 0) is 19.7 Å². The molecule has 2 aromatic carbocycles. The number of benzene rings is 2. The van der Waals surface area contributed by atoms with Crippen LogP contribution in [0.15, 0.2) is 60.7 Å². The molecule has 35 heavy (non-hydrogen) atoms. The van der Waals surface area contributed by atoms with Gasteiger partial charge in [-0.1, -0.05) is 67.6 Å². The molecule has 2 aliphatic heterocycles. The van der Waals surface area contributed by atoms with Gasteiger partial charge in [-0.05, 0) is 38.3 Å². The van der Waals surface area contributed by atoms with Gasteiger partial charge in [0.25, 0.3) is 0 Å². The second kappa shape index (κ2) is 8.11. The first-order chi connectivity index (χ1) is 16.6. The first-order valence-electron chi connectivity index (χ1n) is 12.1. The lowest BCUT2D eigenvalue weighted by Gasteiger charge is -2.33. The zero-order valence-electron chi connectivity index (χ0n) is 20.7. The van der Waals surface area contributed by atoms with Gasteiger partial charge in [-0.2, -0.15) is 0 Å². The van der Waals surface area contributed by atoms with E-state index in [0.29, 0.717) is 13.0 Å². The lowest BCUT2D eigenvalue weighted by atomic mass is 9.73. The predicted octanol–water partition coefficient (Wildman–Crippen LogP) is 4.72. The van der Waals surface area contributed by atoms with Crippen molar-refractivity contribution in [2.75, 3.05) is 19.7 Å². The van der Waals surface area contributed by atoms with E-state index in [1.807, 2.05) is 88.4 Å². The number of amides is 3. The molecule has 0 bridgehead atoms. The average molecular weight is 477 g/mol. The molecule has 2 saturated heterocycles. The summed E-state index contributed by atoms with van der Waals surface area (Å²) >= 11 is 0. The molecule has 2 heterocycles. The molecule has 0 radical (unpaired) electrons. The van der Waals surface area contributed by atoms with E-state index < -0.39 is 34.7 Å². The van der Waals surface area contributed by atoms with Gasteiger partial charge < -0.3 is 14.4 Å². The Morgan fingerprint density at radius 1 is 1.03 bits per heavy atom. The zero-order valence-corrected chi connectivity index (χ0v) is 20.7. The third kappa shape index (κ3) is 3.97. The molecular formula is C28H32N2O5. The Labute approximate surface area is 206 Å². The number of likely N-dealkylation sites (tertiary alicyclic amines) is 1. The number of hydrogen-bond acceptors (Lipinski definition) is 5. The Morgan fingerprint density at radius 2 is 1.66 bits per heavy atom. The van der Waals surface area contributed by atoms with E-state index in [0.717, 1.165) is 11.1 Å². The van der Waals surface area contributed by atoms with Crippen molar-refractivity contribution in [3.8, 4) is 0 Å². The summed E-state index contributed by atoms with van der Waals surface area (Å²) in [5.74, 6) is -0.856. The first kappa shape index (κ1) is 23.4. The average Bonchev–Trinajstić information content (AvgIpc) is 3.28. The van der Waals surface area contributed by atoms with Crippen LogP contribution in [0.2, 0.25) is 0 Å². The molecule has 3 amide bonds. The van der Waals surface area contributed by atoms with Crippen LogP contribution in [0.1, 0.15) is 51.2 Å². The molecular weight excluding hydrogens is 444 g/mol. The molecule has 0 aromatic heterocycles. The van der Waals surface area contributed by atoms with Crippen LogP contribution in [0.5, 0.6) is 0 Å². The molecule has 4 atom stereocenters. The standard InChI is InChI=1S/C28H32N2O5/c1-26(2,3)35-24(32)29-16-22(27(4,17-29)20-13-9-6-10-14-20)23(31)30-25(33)34-18-28(30)15-21(28)19-11-7-5-8-12-19/h5-14,21-22H,15-18H2,1-4H3/t21?,22-,27-,28?/m1/s1. The van der Waals surface area contributed by atoms with Gasteiger partial charge in [0.2, 0.25) is 5.91 Å². The van der Waals surface area contributed by atoms with Crippen molar-refractivity contribution in [3.05, 3.63) is 71.8 Å². The van der Waals surface area contributed by atoms with E-state index in [-0.39, 0.29) is 25.0 Å². The molecule has 1 spiro atoms. The first-order valence-corrected chi connectivity index (χ1v) is 12.1. The van der Waals surface area contributed by atoms with Gasteiger partial charge in [-0.15, -0.1) is 0 Å². The summed E-state index contributed by atoms with van der Waals surface area (Å²) in [5, 5.41) is 0. The van der Waals surface area contributed by atoms with E-state index in [1.54, 1.807) is 4.90 Å². The fourth-order valence-electron chi connectivity index (χ4n) is 5.70. The minimum atomic E-state index is -0.684. The second-order valence-electron chi connectivity index (χ2n) is 11.2. The van der Waals surface area contributed by atoms with Gasteiger partial charge in [0, 0.05) is 24.4 Å². The number of cyclic esters (lactones) is 1. The van der Waals surface area contributed by atoms with E-state index in [4.69, 9.17) is 9.47 Å². The fourth-order valence-corrected chi connectivity index (χ4v) is 5.70. The van der Waals surface area contributed by atoms with Crippen LogP contribution >= 0.6 is 0 Å². The molecule has 2 aromatic rings. The summed E-state index contributed by atoms with van der Waals surface area (Å²) in [6.45, 7) is 8.14. The van der Waals surface area contributed by atoms with Crippen LogP contribution in [0.25, 0.3) is 0 Å². The lowest BCUT2D eigenvalue weighted by Crippen LogP contribution is -2.50. The third-order valence-electron chi connectivity index (χ3n) is 7.62. The van der Waals surface area contributed by atoms with Gasteiger partial charge in [-0.3, -0.25) is 4.79 Å². The number of nitrogens with zero attached hydrogens (tertiary/aromatic N) is 2. The van der Waals surface area contributed by atoms with Crippen molar-refractivity contribution in [3.63, 3.8) is 0 Å². The summed E-state index contributed by atoms with van der Waals surface area (Å²) < 4.78 is 11.1. The van der Waals surface area contributed by atoms with Crippen LogP contribution in [-0.4, -0.2) is 58.7 Å². The normalized spacial score (nSPS) is 29.9. The molecule has 7 heteroatoms. The smallest absolute Gasteiger partial charge is 0.417 e. The van der Waals surface area contributed by atoms with Crippen molar-refractivity contribution in [1.82, 2.24) is 9.80 Å². The summed E-state index contributed by atoms with van der Waals surface area (Å²) in [5.41, 5.74) is 0.0444. The van der Waals surface area contributed by atoms with Gasteiger partial charge in [0.05, 0.1) is 11.5 Å². The maximum atomic E-state index is 14.2. The van der Waals surface area contributed by atoms with Crippen LogP contribution in [0, 0.1) is 5.92 Å². The maximum Gasteiger partial charge on any atom is 0.417 e. The molecule has 2 unspecified atom stereocenters. The fraction of sp³-hybridized carbons (Fsp3) is 0.464. The van der Waals surface area contributed by atoms with Crippen molar-refractivity contribution < 1.29 is 23.9 Å². The second-order valence-corrected chi connectivity index (χ2v) is 11.2. The van der Waals surface area contributed by atoms with E-state index in [9.17, 15) is 14.4 Å². The number of carbonyl (C=O) groups is 3. The number of rotatable bonds is 3. The topological polar surface area (TPSA) is 76.2 Å². The van der Waals surface area contributed by atoms with E-state index in [1.165, 1.54) is 4.90 Å². The maximum absolute atomic E-state index is 14.2. The van der Waals surface area contributed by atoms with Crippen LogP contribution in [0.3, 0.4) is 0 Å². The highest BCUT2D eigenvalue weighted by atomic mass is 16.6. The zero-order chi connectivity index (χ0) is 25.0. The molecule has 1 saturated carbocycles. The lowest BCUT2D eigenvalue weighted by molar-refractivity contribution is -0.135. The molecule has 7 nitrogen and oxygen atoms in total. The summed E-state index contributed by atoms with van der Waals surface area (Å²) in [4.78, 5) is 43.1. The van der Waals surface area contributed by atoms with Crippen molar-refractivity contribution in [2.24, 2.45) is 5.92 Å². The SMILES string of the molecule is CC(C)(C)OC(=O)N1C[C@H](C(=O)N2C(=O)OCC23CC3c2ccccc2)[C@@](C)(c2ccccc2)C1. The predicted molar refractivity (Wildman–Crippen MR) is 130 cm³/mol. The molecule has 0 N–H and O–H groups in total. The summed E-state index contributed by atoms with van der Waals surface area (Å²) in [6, 6.07) is 19.7. The highest BCUT2D eigenvalue weighted by Gasteiger charge is 2.68. The Morgan fingerprint density at radius 3 is 2.29 bits per heavy atom. The van der Waals surface area contributed by atoms with Crippen molar-refractivity contribution in [2.45, 2.75) is 56.6 Å². The molecule has 184 valence electrons. The van der Waals surface area contributed by atoms with Crippen LogP contribution in [0.4, 0.5) is 9.59 Å². The Hall–Kier alpha value is -3.35. The largest absolute Gasteiger partial charge is 0.447 e. The van der Waals surface area contributed by atoms with Gasteiger partial charge >= 0.3 is 12.2 Å². The minimum absolute atomic E-state index is 0.0467. The quantitative estimate of drug-likeness (QED) is 0.641. The van der Waals surface area contributed by atoms with Crippen molar-refractivity contribution >= 4 is 18.1 Å². The minimum Gasteiger partial charge on any atom is -0.447 e. The summed E-state index contributed by atoms with van der Waals surface area (Å²) in [6.07, 6.45) is -0.374. The van der Waals surface area contributed by atoms with Gasteiger partial charge in [0.1, 0.15) is 12.2 Å². The highest BCUT2D eigenvalue weighted by molar-refractivity contribution is 5.98. The van der Waals surface area contributed by atoms with Crippen LogP contribution < -0.4 is 0 Å². The summed E-state index contributed by atoms with van der Waals surface area (Å²) in [7, 11) is 0. The molecule has 3 fully saturated rings.